The molecule has 29 heavy (non-hydrogen) atoms. The zero-order valence-corrected chi connectivity index (χ0v) is 16.8. The number of hydrogen-bond acceptors (Lipinski definition) is 6. The first-order valence-electron chi connectivity index (χ1n) is 10.0. The van der Waals surface area contributed by atoms with Crippen LogP contribution in [-0.4, -0.2) is 51.9 Å². The molecule has 0 unspecified atom stereocenters. The maximum atomic E-state index is 12.9. The van der Waals surface area contributed by atoms with Crippen LogP contribution in [0.25, 0.3) is 11.1 Å². The van der Waals surface area contributed by atoms with Crippen LogP contribution in [-0.2, 0) is 17.6 Å². The fraction of sp³-hybridized carbons (Fsp3) is 0.429. The van der Waals surface area contributed by atoms with Gasteiger partial charge in [0.15, 0.2) is 5.58 Å². The van der Waals surface area contributed by atoms with E-state index in [4.69, 9.17) is 4.42 Å². The minimum absolute atomic E-state index is 0.0518. The number of para-hydroxylation sites is 2. The van der Waals surface area contributed by atoms with Crippen LogP contribution in [0.15, 0.2) is 33.5 Å². The molecule has 3 heterocycles. The highest BCUT2D eigenvalue weighted by Gasteiger charge is 2.23. The van der Waals surface area contributed by atoms with E-state index in [1.54, 1.807) is 6.92 Å². The fourth-order valence-electron chi connectivity index (χ4n) is 3.66. The quantitative estimate of drug-likeness (QED) is 0.727. The highest BCUT2D eigenvalue weighted by Crippen LogP contribution is 2.22. The first-order chi connectivity index (χ1) is 14.0. The molecule has 1 N–H and O–H groups in total. The number of carbonyl (C=O) groups excluding carboxylic acids is 1. The molecule has 0 bridgehead atoms. The van der Waals surface area contributed by atoms with E-state index in [0.29, 0.717) is 49.2 Å². The molecule has 0 spiro atoms. The summed E-state index contributed by atoms with van der Waals surface area (Å²) in [6, 6.07) is 8.27. The lowest BCUT2D eigenvalue weighted by atomic mass is 10.1. The van der Waals surface area contributed by atoms with Crippen LogP contribution in [0.1, 0.15) is 30.4 Å². The highest BCUT2D eigenvalue weighted by molar-refractivity contribution is 5.79. The van der Waals surface area contributed by atoms with Crippen molar-refractivity contribution in [1.29, 1.82) is 0 Å². The summed E-state index contributed by atoms with van der Waals surface area (Å²) in [6.45, 7) is 6.34. The second kappa shape index (κ2) is 8.06. The Morgan fingerprint density at radius 3 is 2.76 bits per heavy atom. The van der Waals surface area contributed by atoms with Crippen molar-refractivity contribution >= 4 is 23.0 Å². The number of oxazole rings is 1. The third-order valence-corrected chi connectivity index (χ3v) is 5.34. The molecule has 1 saturated heterocycles. The fourth-order valence-corrected chi connectivity index (χ4v) is 3.66. The molecule has 1 aromatic carbocycles. The van der Waals surface area contributed by atoms with Crippen molar-refractivity contribution in [2.24, 2.45) is 0 Å². The third kappa shape index (κ3) is 4.01. The number of rotatable bonds is 4. The number of hydrogen-bond donors (Lipinski definition) is 1. The maximum Gasteiger partial charge on any atom is 0.298 e. The van der Waals surface area contributed by atoms with Gasteiger partial charge in [0.1, 0.15) is 11.3 Å². The second-order valence-corrected chi connectivity index (χ2v) is 7.29. The van der Waals surface area contributed by atoms with Gasteiger partial charge >= 0.3 is 0 Å². The number of aromatic amines is 1. The SMILES string of the molecule is CCc1nc(C)c(CC(=O)N2CCCN(c3nc4ccccc4o3)CC2)c(=O)[nH]1. The normalized spacial score (nSPS) is 15.0. The minimum atomic E-state index is -0.217. The van der Waals surface area contributed by atoms with Gasteiger partial charge in [-0.25, -0.2) is 4.98 Å². The molecule has 1 amide bonds. The summed E-state index contributed by atoms with van der Waals surface area (Å²) < 4.78 is 5.87. The van der Waals surface area contributed by atoms with Crippen LogP contribution < -0.4 is 10.5 Å². The van der Waals surface area contributed by atoms with Crippen molar-refractivity contribution in [2.75, 3.05) is 31.1 Å². The summed E-state index contributed by atoms with van der Waals surface area (Å²) in [7, 11) is 0. The lowest BCUT2D eigenvalue weighted by molar-refractivity contribution is -0.130. The number of anilines is 1. The van der Waals surface area contributed by atoms with Crippen LogP contribution in [0.4, 0.5) is 6.01 Å². The van der Waals surface area contributed by atoms with Crippen LogP contribution in [0, 0.1) is 6.92 Å². The van der Waals surface area contributed by atoms with Crippen LogP contribution >= 0.6 is 0 Å². The van der Waals surface area contributed by atoms with E-state index in [2.05, 4.69) is 19.9 Å². The van der Waals surface area contributed by atoms with Crippen LogP contribution in [0.2, 0.25) is 0 Å². The van der Waals surface area contributed by atoms with E-state index in [0.717, 1.165) is 24.1 Å². The smallest absolute Gasteiger partial charge is 0.298 e. The van der Waals surface area contributed by atoms with E-state index in [9.17, 15) is 9.59 Å². The van der Waals surface area contributed by atoms with Gasteiger partial charge in [0.2, 0.25) is 5.91 Å². The standard InChI is InChI=1S/C21H25N5O3/c1-3-18-22-14(2)15(20(28)24-18)13-19(27)25-9-6-10-26(12-11-25)21-23-16-7-4-5-8-17(16)29-21/h4-5,7-8H,3,6,9-13H2,1-2H3,(H,22,24,28). The molecule has 3 aromatic rings. The van der Waals surface area contributed by atoms with Crippen LogP contribution in [0.5, 0.6) is 0 Å². The number of fused-ring (bicyclic) bond motifs is 1. The van der Waals surface area contributed by atoms with E-state index >= 15 is 0 Å². The van der Waals surface area contributed by atoms with Gasteiger partial charge < -0.3 is 19.2 Å². The molecule has 1 aliphatic heterocycles. The van der Waals surface area contributed by atoms with E-state index in [1.165, 1.54) is 0 Å². The van der Waals surface area contributed by atoms with Gasteiger partial charge in [0, 0.05) is 43.9 Å². The number of H-pyrrole nitrogens is 1. The molecule has 0 atom stereocenters. The lowest BCUT2D eigenvalue weighted by Crippen LogP contribution is -2.37. The van der Waals surface area contributed by atoms with Crippen molar-refractivity contribution in [1.82, 2.24) is 19.9 Å². The summed E-state index contributed by atoms with van der Waals surface area (Å²) in [6.07, 6.45) is 1.54. The summed E-state index contributed by atoms with van der Waals surface area (Å²) in [5, 5.41) is 0. The molecule has 1 aliphatic rings. The second-order valence-electron chi connectivity index (χ2n) is 7.29. The molecule has 2 aromatic heterocycles. The number of aromatic nitrogens is 3. The van der Waals surface area contributed by atoms with E-state index in [1.807, 2.05) is 36.1 Å². The van der Waals surface area contributed by atoms with Gasteiger partial charge in [-0.1, -0.05) is 19.1 Å². The molecule has 0 radical (unpaired) electrons. The molecule has 8 heteroatoms. The Kier molecular flexibility index (Phi) is 5.33. The monoisotopic (exact) mass is 395 g/mol. The average Bonchev–Trinajstić information content (AvgIpc) is 2.99. The van der Waals surface area contributed by atoms with Crippen molar-refractivity contribution in [3.8, 4) is 0 Å². The summed E-state index contributed by atoms with van der Waals surface area (Å²) in [5.74, 6) is 0.594. The molecule has 1 fully saturated rings. The Morgan fingerprint density at radius 2 is 2.00 bits per heavy atom. The Labute approximate surface area is 168 Å². The summed E-state index contributed by atoms with van der Waals surface area (Å²) in [5.41, 5.74) is 2.45. The lowest BCUT2D eigenvalue weighted by Gasteiger charge is -2.21. The number of nitrogens with zero attached hydrogens (tertiary/aromatic N) is 4. The molecule has 152 valence electrons. The minimum Gasteiger partial charge on any atom is -0.423 e. The van der Waals surface area contributed by atoms with Gasteiger partial charge in [0.25, 0.3) is 11.6 Å². The largest absolute Gasteiger partial charge is 0.423 e. The Balaban J connectivity index is 1.44. The predicted octanol–water partition coefficient (Wildman–Crippen LogP) is 2.06. The molecule has 4 rings (SSSR count). The van der Waals surface area contributed by atoms with Gasteiger partial charge in [0.05, 0.1) is 6.42 Å². The van der Waals surface area contributed by atoms with Gasteiger partial charge in [-0.3, -0.25) is 9.59 Å². The van der Waals surface area contributed by atoms with Crippen molar-refractivity contribution < 1.29 is 9.21 Å². The molecule has 0 aliphatic carbocycles. The van der Waals surface area contributed by atoms with Gasteiger partial charge in [-0.05, 0) is 25.5 Å². The average molecular weight is 395 g/mol. The van der Waals surface area contributed by atoms with Crippen LogP contribution in [0.3, 0.4) is 0 Å². The number of benzene rings is 1. The predicted molar refractivity (Wildman–Crippen MR) is 110 cm³/mol. The highest BCUT2D eigenvalue weighted by atomic mass is 16.4. The zero-order valence-electron chi connectivity index (χ0n) is 16.8. The Hall–Kier alpha value is -3.16. The topological polar surface area (TPSA) is 95.3 Å². The number of aryl methyl sites for hydroxylation is 2. The molecule has 8 nitrogen and oxygen atoms in total. The first kappa shape index (κ1) is 19.2. The van der Waals surface area contributed by atoms with E-state index in [-0.39, 0.29) is 17.9 Å². The van der Waals surface area contributed by atoms with E-state index < -0.39 is 0 Å². The van der Waals surface area contributed by atoms with Gasteiger partial charge in [-0.2, -0.15) is 4.98 Å². The Bertz CT molecular complexity index is 1050. The summed E-state index contributed by atoms with van der Waals surface area (Å²) >= 11 is 0. The van der Waals surface area contributed by atoms with Crippen molar-refractivity contribution in [3.05, 3.63) is 51.7 Å². The number of amides is 1. The zero-order chi connectivity index (χ0) is 20.4. The third-order valence-electron chi connectivity index (χ3n) is 5.34. The number of carbonyl (C=O) groups is 1. The maximum absolute atomic E-state index is 12.9. The Morgan fingerprint density at radius 1 is 1.17 bits per heavy atom. The summed E-state index contributed by atoms with van der Waals surface area (Å²) in [4.78, 5) is 40.8. The first-order valence-corrected chi connectivity index (χ1v) is 10.0. The van der Waals surface area contributed by atoms with Gasteiger partial charge in [-0.15, -0.1) is 0 Å². The molecular formula is C21H25N5O3. The molecular weight excluding hydrogens is 370 g/mol. The van der Waals surface area contributed by atoms with Crippen molar-refractivity contribution in [2.45, 2.75) is 33.1 Å². The van der Waals surface area contributed by atoms with Crippen molar-refractivity contribution in [3.63, 3.8) is 0 Å². The number of nitrogens with one attached hydrogen (secondary N) is 1. The molecule has 0 saturated carbocycles.